The van der Waals surface area contributed by atoms with Crippen LogP contribution in [0.5, 0.6) is 0 Å². The summed E-state index contributed by atoms with van der Waals surface area (Å²) in [4.78, 5) is 0. The van der Waals surface area contributed by atoms with Crippen LogP contribution in [0.2, 0.25) is 0 Å². The zero-order chi connectivity index (χ0) is 13.0. The monoisotopic (exact) mass is 239 g/mol. The third-order valence-electron chi connectivity index (χ3n) is 3.16. The minimum absolute atomic E-state index is 0.931. The molecule has 0 saturated carbocycles. The number of rotatable bonds is 4. The molecule has 0 bridgehead atoms. The van der Waals surface area contributed by atoms with Gasteiger partial charge in [0.25, 0.3) is 0 Å². The van der Waals surface area contributed by atoms with Gasteiger partial charge in [-0.25, -0.2) is 0 Å². The zero-order valence-electron chi connectivity index (χ0n) is 11.5. The van der Waals surface area contributed by atoms with Gasteiger partial charge in [-0.3, -0.25) is 0 Å². The molecule has 1 N–H and O–H groups in total. The van der Waals surface area contributed by atoms with E-state index in [0.717, 1.165) is 13.1 Å². The number of nitrogens with one attached hydrogen (secondary N) is 1. The molecule has 0 radical (unpaired) electrons. The lowest BCUT2D eigenvalue weighted by Crippen LogP contribution is -2.12. The van der Waals surface area contributed by atoms with E-state index in [1.165, 1.54) is 27.8 Å². The second-order valence-electron chi connectivity index (χ2n) is 4.81. The molecule has 0 atom stereocenters. The van der Waals surface area contributed by atoms with Crippen LogP contribution in [0.4, 0.5) is 0 Å². The Hall–Kier alpha value is -1.60. The Morgan fingerprint density at radius 2 is 1.72 bits per heavy atom. The second-order valence-corrected chi connectivity index (χ2v) is 4.81. The van der Waals surface area contributed by atoms with E-state index in [4.69, 9.17) is 0 Å². The fourth-order valence-electron chi connectivity index (χ4n) is 2.19. The Kier molecular flexibility index (Phi) is 4.16. The minimum atomic E-state index is 0.931. The van der Waals surface area contributed by atoms with Crippen LogP contribution in [-0.2, 0) is 6.54 Å². The summed E-state index contributed by atoms with van der Waals surface area (Å²) in [5.74, 6) is 0. The molecule has 0 spiro atoms. The first-order chi connectivity index (χ1) is 8.70. The van der Waals surface area contributed by atoms with Crippen molar-refractivity contribution in [2.24, 2.45) is 0 Å². The topological polar surface area (TPSA) is 12.0 Å². The van der Waals surface area contributed by atoms with Gasteiger partial charge in [0.2, 0.25) is 0 Å². The molecular formula is C17H21N. The lowest BCUT2D eigenvalue weighted by Gasteiger charge is -2.12. The van der Waals surface area contributed by atoms with Crippen molar-refractivity contribution < 1.29 is 0 Å². The van der Waals surface area contributed by atoms with Gasteiger partial charge in [0.05, 0.1) is 0 Å². The summed E-state index contributed by atoms with van der Waals surface area (Å²) in [5, 5.41) is 3.41. The van der Waals surface area contributed by atoms with E-state index in [2.05, 4.69) is 68.6 Å². The number of hydrogen-bond donors (Lipinski definition) is 1. The zero-order valence-corrected chi connectivity index (χ0v) is 11.5. The molecule has 0 heterocycles. The van der Waals surface area contributed by atoms with Crippen LogP contribution in [0.15, 0.2) is 42.5 Å². The third kappa shape index (κ3) is 2.99. The van der Waals surface area contributed by atoms with Gasteiger partial charge in [0, 0.05) is 6.54 Å². The van der Waals surface area contributed by atoms with Crippen LogP contribution in [-0.4, -0.2) is 6.54 Å². The van der Waals surface area contributed by atoms with E-state index in [0.29, 0.717) is 0 Å². The molecule has 1 nitrogen and oxygen atoms in total. The van der Waals surface area contributed by atoms with Crippen molar-refractivity contribution in [2.45, 2.75) is 27.3 Å². The molecule has 1 heteroatoms. The molecule has 18 heavy (non-hydrogen) atoms. The van der Waals surface area contributed by atoms with Crippen molar-refractivity contribution in [2.75, 3.05) is 6.54 Å². The molecular weight excluding hydrogens is 218 g/mol. The van der Waals surface area contributed by atoms with E-state index >= 15 is 0 Å². The third-order valence-corrected chi connectivity index (χ3v) is 3.16. The lowest BCUT2D eigenvalue weighted by molar-refractivity contribution is 0.728. The van der Waals surface area contributed by atoms with Gasteiger partial charge in [-0.15, -0.1) is 0 Å². The molecule has 0 amide bonds. The largest absolute Gasteiger partial charge is 0.313 e. The summed E-state index contributed by atoms with van der Waals surface area (Å²) >= 11 is 0. The highest BCUT2D eigenvalue weighted by Crippen LogP contribution is 2.25. The SMILES string of the molecule is CCNCc1ccc(C)cc1-c1cccc(C)c1. The van der Waals surface area contributed by atoms with Crippen LogP contribution in [0, 0.1) is 13.8 Å². The Bertz CT molecular complexity index is 529. The molecule has 0 aliphatic heterocycles. The molecule has 2 aromatic rings. The quantitative estimate of drug-likeness (QED) is 0.847. The molecule has 94 valence electrons. The Morgan fingerprint density at radius 3 is 2.44 bits per heavy atom. The second kappa shape index (κ2) is 5.83. The van der Waals surface area contributed by atoms with Gasteiger partial charge in [0.15, 0.2) is 0 Å². The van der Waals surface area contributed by atoms with Crippen molar-refractivity contribution in [1.29, 1.82) is 0 Å². The van der Waals surface area contributed by atoms with Crippen LogP contribution in [0.25, 0.3) is 11.1 Å². The van der Waals surface area contributed by atoms with E-state index < -0.39 is 0 Å². The van der Waals surface area contributed by atoms with Crippen molar-refractivity contribution in [3.63, 3.8) is 0 Å². The van der Waals surface area contributed by atoms with Gasteiger partial charge in [-0.05, 0) is 37.1 Å². The van der Waals surface area contributed by atoms with Crippen LogP contribution in [0.3, 0.4) is 0 Å². The highest BCUT2D eigenvalue weighted by Gasteiger charge is 2.05. The van der Waals surface area contributed by atoms with Crippen LogP contribution >= 0.6 is 0 Å². The highest BCUT2D eigenvalue weighted by molar-refractivity contribution is 5.68. The number of benzene rings is 2. The van der Waals surface area contributed by atoms with E-state index in [1.54, 1.807) is 0 Å². The Balaban J connectivity index is 2.44. The lowest BCUT2D eigenvalue weighted by atomic mass is 9.96. The first-order valence-corrected chi connectivity index (χ1v) is 6.58. The molecule has 2 rings (SSSR count). The van der Waals surface area contributed by atoms with Gasteiger partial charge in [-0.2, -0.15) is 0 Å². The van der Waals surface area contributed by atoms with Gasteiger partial charge in [-0.1, -0.05) is 60.5 Å². The van der Waals surface area contributed by atoms with Crippen molar-refractivity contribution in [3.8, 4) is 11.1 Å². The molecule has 0 fully saturated rings. The summed E-state index contributed by atoms with van der Waals surface area (Å²) < 4.78 is 0. The summed E-state index contributed by atoms with van der Waals surface area (Å²) in [6.45, 7) is 8.36. The highest BCUT2D eigenvalue weighted by atomic mass is 14.8. The van der Waals surface area contributed by atoms with E-state index in [-0.39, 0.29) is 0 Å². The van der Waals surface area contributed by atoms with E-state index in [9.17, 15) is 0 Å². The summed E-state index contributed by atoms with van der Waals surface area (Å²) in [6, 6.07) is 15.4. The van der Waals surface area contributed by atoms with Crippen molar-refractivity contribution in [3.05, 3.63) is 59.2 Å². The maximum absolute atomic E-state index is 3.41. The molecule has 2 aromatic carbocycles. The molecule has 0 unspecified atom stereocenters. The maximum atomic E-state index is 3.41. The average Bonchev–Trinajstić information content (AvgIpc) is 2.37. The maximum Gasteiger partial charge on any atom is 0.0211 e. The predicted molar refractivity (Wildman–Crippen MR) is 78.7 cm³/mol. The van der Waals surface area contributed by atoms with Crippen molar-refractivity contribution >= 4 is 0 Å². The van der Waals surface area contributed by atoms with E-state index in [1.807, 2.05) is 0 Å². The van der Waals surface area contributed by atoms with Gasteiger partial charge < -0.3 is 5.32 Å². The number of hydrogen-bond acceptors (Lipinski definition) is 1. The molecule has 0 aromatic heterocycles. The molecule has 0 saturated heterocycles. The first-order valence-electron chi connectivity index (χ1n) is 6.58. The predicted octanol–water partition coefficient (Wildman–Crippen LogP) is 4.08. The molecule has 0 aliphatic carbocycles. The normalized spacial score (nSPS) is 10.6. The average molecular weight is 239 g/mol. The van der Waals surface area contributed by atoms with Crippen LogP contribution in [0.1, 0.15) is 23.6 Å². The first kappa shape index (κ1) is 12.8. The summed E-state index contributed by atoms with van der Waals surface area (Å²) in [7, 11) is 0. The smallest absolute Gasteiger partial charge is 0.0211 e. The fraction of sp³-hybridized carbons (Fsp3) is 0.294. The fourth-order valence-corrected chi connectivity index (χ4v) is 2.19. The minimum Gasteiger partial charge on any atom is -0.313 e. The van der Waals surface area contributed by atoms with Crippen molar-refractivity contribution in [1.82, 2.24) is 5.32 Å². The summed E-state index contributed by atoms with van der Waals surface area (Å²) in [6.07, 6.45) is 0. The summed E-state index contributed by atoms with van der Waals surface area (Å²) in [5.41, 5.74) is 6.65. The standard InChI is InChI=1S/C17H21N/c1-4-18-12-16-9-8-14(3)11-17(16)15-7-5-6-13(2)10-15/h5-11,18H,4,12H2,1-3H3. The Labute approximate surface area is 110 Å². The van der Waals surface area contributed by atoms with Gasteiger partial charge >= 0.3 is 0 Å². The molecule has 0 aliphatic rings. The number of aryl methyl sites for hydroxylation is 2. The van der Waals surface area contributed by atoms with Gasteiger partial charge in [0.1, 0.15) is 0 Å². The Morgan fingerprint density at radius 1 is 0.944 bits per heavy atom. The van der Waals surface area contributed by atoms with Crippen LogP contribution < -0.4 is 5.32 Å².